The molecule has 1 saturated carbocycles. The minimum atomic E-state index is 0.486. The van der Waals surface area contributed by atoms with Gasteiger partial charge in [0.2, 0.25) is 0 Å². The van der Waals surface area contributed by atoms with Crippen molar-refractivity contribution in [3.05, 3.63) is 0 Å². The fourth-order valence-corrected chi connectivity index (χ4v) is 2.62. The highest BCUT2D eigenvalue weighted by Crippen LogP contribution is 2.35. The van der Waals surface area contributed by atoms with Gasteiger partial charge in [0.05, 0.1) is 6.10 Å². The molecule has 90 valence electrons. The molecule has 0 radical (unpaired) electrons. The lowest BCUT2D eigenvalue weighted by molar-refractivity contribution is -0.0383. The van der Waals surface area contributed by atoms with Crippen molar-refractivity contribution >= 4 is 0 Å². The molecule has 15 heavy (non-hydrogen) atoms. The van der Waals surface area contributed by atoms with Crippen molar-refractivity contribution in [1.29, 1.82) is 0 Å². The van der Waals surface area contributed by atoms with Crippen molar-refractivity contribution in [2.75, 3.05) is 13.2 Å². The van der Waals surface area contributed by atoms with Crippen LogP contribution in [0.3, 0.4) is 0 Å². The summed E-state index contributed by atoms with van der Waals surface area (Å²) in [6, 6.07) is 0. The molecule has 0 saturated heterocycles. The van der Waals surface area contributed by atoms with Crippen LogP contribution in [0.1, 0.15) is 46.5 Å². The fourth-order valence-electron chi connectivity index (χ4n) is 2.62. The highest BCUT2D eigenvalue weighted by atomic mass is 16.5. The molecule has 0 aromatic heterocycles. The van der Waals surface area contributed by atoms with Gasteiger partial charge in [-0.3, -0.25) is 0 Å². The van der Waals surface area contributed by atoms with Gasteiger partial charge in [-0.2, -0.15) is 0 Å². The van der Waals surface area contributed by atoms with Crippen LogP contribution in [0.15, 0.2) is 0 Å². The Morgan fingerprint density at radius 2 is 2.07 bits per heavy atom. The molecule has 1 fully saturated rings. The number of nitrogens with two attached hydrogens (primary N) is 1. The van der Waals surface area contributed by atoms with E-state index in [2.05, 4.69) is 20.8 Å². The first-order chi connectivity index (χ1) is 7.15. The molecule has 0 bridgehead atoms. The van der Waals surface area contributed by atoms with E-state index in [1.165, 1.54) is 19.3 Å². The van der Waals surface area contributed by atoms with Gasteiger partial charge in [0, 0.05) is 6.61 Å². The Bertz CT molecular complexity index is 170. The predicted molar refractivity (Wildman–Crippen MR) is 64.8 cm³/mol. The zero-order valence-electron chi connectivity index (χ0n) is 10.5. The molecule has 2 N–H and O–H groups in total. The first-order valence-electron chi connectivity index (χ1n) is 6.46. The van der Waals surface area contributed by atoms with Gasteiger partial charge in [0.1, 0.15) is 0 Å². The van der Waals surface area contributed by atoms with E-state index in [1.54, 1.807) is 0 Å². The van der Waals surface area contributed by atoms with Crippen LogP contribution in [0.5, 0.6) is 0 Å². The van der Waals surface area contributed by atoms with E-state index in [1.807, 2.05) is 0 Å². The number of rotatable bonds is 5. The quantitative estimate of drug-likeness (QED) is 0.713. The van der Waals surface area contributed by atoms with Crippen molar-refractivity contribution < 1.29 is 4.74 Å². The summed E-state index contributed by atoms with van der Waals surface area (Å²) in [5.74, 6) is 2.35. The molecule has 0 aliphatic heterocycles. The average Bonchev–Trinajstić information content (AvgIpc) is 2.18. The lowest BCUT2D eigenvalue weighted by Crippen LogP contribution is -2.34. The summed E-state index contributed by atoms with van der Waals surface area (Å²) >= 11 is 0. The summed E-state index contributed by atoms with van der Waals surface area (Å²) in [6.45, 7) is 8.57. The maximum atomic E-state index is 5.99. The van der Waals surface area contributed by atoms with Gasteiger partial charge in [0.25, 0.3) is 0 Å². The van der Waals surface area contributed by atoms with Gasteiger partial charge in [-0.05, 0) is 43.6 Å². The minimum absolute atomic E-state index is 0.486. The Balaban J connectivity index is 2.39. The van der Waals surface area contributed by atoms with Crippen molar-refractivity contribution in [3.8, 4) is 0 Å². The Kier molecular flexibility index (Phi) is 5.62. The van der Waals surface area contributed by atoms with Crippen LogP contribution in [-0.2, 0) is 4.74 Å². The first kappa shape index (κ1) is 13.0. The average molecular weight is 213 g/mol. The monoisotopic (exact) mass is 213 g/mol. The van der Waals surface area contributed by atoms with Crippen LogP contribution in [0.25, 0.3) is 0 Å². The summed E-state index contributed by atoms with van der Waals surface area (Å²) in [5, 5.41) is 0. The Morgan fingerprint density at radius 1 is 1.33 bits per heavy atom. The summed E-state index contributed by atoms with van der Waals surface area (Å²) < 4.78 is 5.99. The van der Waals surface area contributed by atoms with Crippen LogP contribution >= 0.6 is 0 Å². The summed E-state index contributed by atoms with van der Waals surface area (Å²) in [4.78, 5) is 0. The normalized spacial score (nSPS) is 32.2. The molecule has 2 nitrogen and oxygen atoms in total. The van der Waals surface area contributed by atoms with Crippen LogP contribution in [-0.4, -0.2) is 19.3 Å². The van der Waals surface area contributed by atoms with Crippen molar-refractivity contribution in [3.63, 3.8) is 0 Å². The van der Waals surface area contributed by atoms with E-state index in [-0.39, 0.29) is 0 Å². The van der Waals surface area contributed by atoms with Crippen LogP contribution in [0, 0.1) is 17.8 Å². The van der Waals surface area contributed by atoms with E-state index in [4.69, 9.17) is 10.5 Å². The van der Waals surface area contributed by atoms with E-state index in [0.717, 1.165) is 37.3 Å². The van der Waals surface area contributed by atoms with Gasteiger partial charge < -0.3 is 10.5 Å². The zero-order valence-corrected chi connectivity index (χ0v) is 10.5. The number of hydrogen-bond acceptors (Lipinski definition) is 2. The van der Waals surface area contributed by atoms with Crippen LogP contribution in [0.4, 0.5) is 0 Å². The summed E-state index contributed by atoms with van der Waals surface area (Å²) in [6.07, 6.45) is 5.44. The molecule has 2 heteroatoms. The smallest absolute Gasteiger partial charge is 0.0608 e. The van der Waals surface area contributed by atoms with Crippen molar-refractivity contribution in [2.45, 2.75) is 52.6 Å². The van der Waals surface area contributed by atoms with E-state index in [9.17, 15) is 0 Å². The van der Waals surface area contributed by atoms with Crippen LogP contribution in [0.2, 0.25) is 0 Å². The van der Waals surface area contributed by atoms with Gasteiger partial charge in [-0.1, -0.05) is 27.2 Å². The Labute approximate surface area is 94.6 Å². The van der Waals surface area contributed by atoms with Crippen LogP contribution < -0.4 is 5.73 Å². The third kappa shape index (κ3) is 4.12. The van der Waals surface area contributed by atoms with Gasteiger partial charge in [0.15, 0.2) is 0 Å². The van der Waals surface area contributed by atoms with Crippen molar-refractivity contribution in [2.24, 2.45) is 23.5 Å². The molecule has 1 aliphatic rings. The highest BCUT2D eigenvalue weighted by Gasteiger charge is 2.30. The second-order valence-electron chi connectivity index (χ2n) is 5.38. The van der Waals surface area contributed by atoms with Gasteiger partial charge >= 0.3 is 0 Å². The van der Waals surface area contributed by atoms with E-state index >= 15 is 0 Å². The van der Waals surface area contributed by atoms with E-state index < -0.39 is 0 Å². The minimum Gasteiger partial charge on any atom is -0.378 e. The van der Waals surface area contributed by atoms with Crippen molar-refractivity contribution in [1.82, 2.24) is 0 Å². The first-order valence-corrected chi connectivity index (χ1v) is 6.46. The summed E-state index contributed by atoms with van der Waals surface area (Å²) in [5.41, 5.74) is 5.49. The number of ether oxygens (including phenoxy) is 1. The molecule has 0 spiro atoms. The zero-order chi connectivity index (χ0) is 11.3. The number of hydrogen-bond donors (Lipinski definition) is 1. The molecule has 0 amide bonds. The third-order valence-electron chi connectivity index (χ3n) is 3.64. The maximum Gasteiger partial charge on any atom is 0.0608 e. The molecule has 0 heterocycles. The molecule has 0 aromatic rings. The predicted octanol–water partition coefficient (Wildman–Crippen LogP) is 2.81. The highest BCUT2D eigenvalue weighted by molar-refractivity contribution is 4.81. The fraction of sp³-hybridized carbons (Fsp3) is 1.00. The molecule has 0 aromatic carbocycles. The third-order valence-corrected chi connectivity index (χ3v) is 3.64. The largest absolute Gasteiger partial charge is 0.378 e. The Hall–Kier alpha value is -0.0800. The summed E-state index contributed by atoms with van der Waals surface area (Å²) in [7, 11) is 0. The van der Waals surface area contributed by atoms with Gasteiger partial charge in [-0.25, -0.2) is 0 Å². The van der Waals surface area contributed by atoms with E-state index in [0.29, 0.717) is 6.10 Å². The second-order valence-corrected chi connectivity index (χ2v) is 5.38. The topological polar surface area (TPSA) is 35.2 Å². The molecule has 1 rings (SSSR count). The molecule has 3 atom stereocenters. The molecule has 0 unspecified atom stereocenters. The Morgan fingerprint density at radius 3 is 2.67 bits per heavy atom. The van der Waals surface area contributed by atoms with Gasteiger partial charge in [-0.15, -0.1) is 0 Å². The SMILES string of the molecule is CC(C)[C@@H]1CC[C@@H](C)C[C@H]1OCCCN. The lowest BCUT2D eigenvalue weighted by atomic mass is 9.75. The standard InChI is InChI=1S/C13H27NO/c1-10(2)12-6-5-11(3)9-13(12)15-8-4-7-14/h10-13H,4-9,14H2,1-3H3/t11-,12+,13-/m1/s1. The lowest BCUT2D eigenvalue weighted by Gasteiger charge is -2.37. The maximum absolute atomic E-state index is 5.99. The molecule has 1 aliphatic carbocycles. The molecular formula is C13H27NO. The molecular weight excluding hydrogens is 186 g/mol. The second kappa shape index (κ2) is 6.49.